The lowest BCUT2D eigenvalue weighted by Crippen LogP contribution is -2.20. The fourth-order valence-corrected chi connectivity index (χ4v) is 2.47. The Morgan fingerprint density at radius 1 is 1.35 bits per heavy atom. The van der Waals surface area contributed by atoms with Gasteiger partial charge in [0.2, 0.25) is 0 Å². The quantitative estimate of drug-likeness (QED) is 0.654. The minimum Gasteiger partial charge on any atom is -0.384 e. The van der Waals surface area contributed by atoms with Crippen LogP contribution in [-0.2, 0) is 6.54 Å². The zero-order valence-corrected chi connectivity index (χ0v) is 13.2. The van der Waals surface area contributed by atoms with Gasteiger partial charge >= 0.3 is 0 Å². The van der Waals surface area contributed by atoms with Gasteiger partial charge in [0.05, 0.1) is 5.02 Å². The first kappa shape index (κ1) is 14.8. The van der Waals surface area contributed by atoms with E-state index in [0.717, 1.165) is 10.0 Å². The summed E-state index contributed by atoms with van der Waals surface area (Å²) in [6.45, 7) is 0.668. The number of hydrogen-bond acceptors (Lipinski definition) is 3. The Bertz CT molecular complexity index is 628. The summed E-state index contributed by atoms with van der Waals surface area (Å²) < 4.78 is 1.04. The molecule has 0 radical (unpaired) electrons. The Balaban J connectivity index is 2.25. The maximum Gasteiger partial charge on any atom is 0.148 e. The van der Waals surface area contributed by atoms with E-state index in [-0.39, 0.29) is 5.84 Å². The molecule has 0 bridgehead atoms. The summed E-state index contributed by atoms with van der Waals surface area (Å²) in [4.78, 5) is 6.20. The molecule has 20 heavy (non-hydrogen) atoms. The highest BCUT2D eigenvalue weighted by atomic mass is 79.9. The van der Waals surface area contributed by atoms with E-state index in [1.54, 1.807) is 12.3 Å². The topological polar surface area (TPSA) is 66.0 Å². The molecule has 3 N–H and O–H groups in total. The number of aromatic nitrogens is 1. The van der Waals surface area contributed by atoms with Crippen LogP contribution in [0.4, 0.5) is 5.82 Å². The second-order valence-corrected chi connectivity index (χ2v) is 5.69. The third-order valence-electron chi connectivity index (χ3n) is 2.86. The Labute approximate surface area is 131 Å². The Morgan fingerprint density at radius 2 is 2.00 bits per heavy atom. The number of halogens is 2. The SMILES string of the molecule is CN(Cc1ccc(Br)cc1)c1nccc(C(=N)N)c1Cl. The van der Waals surface area contributed by atoms with Crippen LogP contribution in [0.3, 0.4) is 0 Å². The van der Waals surface area contributed by atoms with Gasteiger partial charge in [-0.15, -0.1) is 0 Å². The normalized spacial score (nSPS) is 10.3. The fourth-order valence-electron chi connectivity index (χ4n) is 1.85. The van der Waals surface area contributed by atoms with Gasteiger partial charge in [-0.05, 0) is 23.8 Å². The lowest BCUT2D eigenvalue weighted by Gasteiger charge is -2.20. The summed E-state index contributed by atoms with van der Waals surface area (Å²) >= 11 is 9.67. The molecule has 0 spiro atoms. The molecule has 0 aliphatic heterocycles. The molecule has 6 heteroatoms. The molecule has 0 saturated carbocycles. The monoisotopic (exact) mass is 352 g/mol. The van der Waals surface area contributed by atoms with Gasteiger partial charge in [-0.2, -0.15) is 0 Å². The van der Waals surface area contributed by atoms with Gasteiger partial charge in [0.15, 0.2) is 0 Å². The van der Waals surface area contributed by atoms with Crippen LogP contribution < -0.4 is 10.6 Å². The van der Waals surface area contributed by atoms with Crippen LogP contribution in [0.15, 0.2) is 41.0 Å². The number of hydrogen-bond donors (Lipinski definition) is 2. The number of anilines is 1. The average Bonchev–Trinajstić information content (AvgIpc) is 2.41. The van der Waals surface area contributed by atoms with Gasteiger partial charge in [0.1, 0.15) is 11.7 Å². The number of rotatable bonds is 4. The molecule has 0 atom stereocenters. The maximum atomic E-state index is 7.50. The van der Waals surface area contributed by atoms with Crippen molar-refractivity contribution >= 4 is 39.2 Å². The summed E-state index contributed by atoms with van der Waals surface area (Å²) in [5.41, 5.74) is 7.14. The summed E-state index contributed by atoms with van der Waals surface area (Å²) in [6, 6.07) is 9.68. The third-order valence-corrected chi connectivity index (χ3v) is 3.76. The van der Waals surface area contributed by atoms with Gasteiger partial charge < -0.3 is 10.6 Å². The molecule has 4 nitrogen and oxygen atoms in total. The van der Waals surface area contributed by atoms with Crippen molar-refractivity contribution < 1.29 is 0 Å². The molecule has 0 saturated heterocycles. The van der Waals surface area contributed by atoms with Crippen molar-refractivity contribution in [2.75, 3.05) is 11.9 Å². The smallest absolute Gasteiger partial charge is 0.148 e. The molecule has 2 aromatic rings. The molecule has 0 aliphatic rings. The van der Waals surface area contributed by atoms with Crippen LogP contribution >= 0.6 is 27.5 Å². The number of amidine groups is 1. The van der Waals surface area contributed by atoms with Crippen molar-refractivity contribution in [2.45, 2.75) is 6.54 Å². The molecule has 0 amide bonds. The van der Waals surface area contributed by atoms with Crippen molar-refractivity contribution in [3.8, 4) is 0 Å². The van der Waals surface area contributed by atoms with E-state index in [2.05, 4.69) is 20.9 Å². The highest BCUT2D eigenvalue weighted by molar-refractivity contribution is 9.10. The van der Waals surface area contributed by atoms with Crippen LogP contribution in [0, 0.1) is 5.41 Å². The van der Waals surface area contributed by atoms with Crippen LogP contribution in [-0.4, -0.2) is 17.9 Å². The first-order valence-corrected chi connectivity index (χ1v) is 7.10. The first-order chi connectivity index (χ1) is 9.49. The van der Waals surface area contributed by atoms with Crippen molar-refractivity contribution in [1.29, 1.82) is 5.41 Å². The molecule has 104 valence electrons. The molecule has 1 heterocycles. The van der Waals surface area contributed by atoms with E-state index >= 15 is 0 Å². The number of nitrogens with zero attached hydrogens (tertiary/aromatic N) is 2. The van der Waals surface area contributed by atoms with E-state index < -0.39 is 0 Å². The standard InChI is InChI=1S/C14H14BrClN4/c1-20(8-9-2-4-10(15)5-3-9)14-12(16)11(13(17)18)6-7-19-14/h2-7H,8H2,1H3,(H3,17,18). The van der Waals surface area contributed by atoms with Crippen molar-refractivity contribution in [3.63, 3.8) is 0 Å². The summed E-state index contributed by atoms with van der Waals surface area (Å²) in [5.74, 6) is 0.554. The molecule has 0 aliphatic carbocycles. The molecule has 2 rings (SSSR count). The van der Waals surface area contributed by atoms with Crippen LogP contribution in [0.25, 0.3) is 0 Å². The first-order valence-electron chi connectivity index (χ1n) is 5.93. The number of nitrogen functional groups attached to an aromatic ring is 1. The van der Waals surface area contributed by atoms with E-state index in [0.29, 0.717) is 22.9 Å². The largest absolute Gasteiger partial charge is 0.384 e. The zero-order chi connectivity index (χ0) is 14.7. The van der Waals surface area contributed by atoms with Gasteiger partial charge in [-0.25, -0.2) is 4.98 Å². The Morgan fingerprint density at radius 3 is 2.60 bits per heavy atom. The minimum absolute atomic E-state index is 0.0595. The van der Waals surface area contributed by atoms with Crippen LogP contribution in [0.2, 0.25) is 5.02 Å². The molecule has 0 fully saturated rings. The van der Waals surface area contributed by atoms with Gasteiger partial charge in [-0.1, -0.05) is 39.7 Å². The van der Waals surface area contributed by atoms with E-state index in [9.17, 15) is 0 Å². The lowest BCUT2D eigenvalue weighted by atomic mass is 10.2. The average molecular weight is 354 g/mol. The van der Waals surface area contributed by atoms with Crippen molar-refractivity contribution in [1.82, 2.24) is 4.98 Å². The fraction of sp³-hybridized carbons (Fsp3) is 0.143. The summed E-state index contributed by atoms with van der Waals surface area (Å²) in [7, 11) is 1.90. The molecule has 1 aromatic heterocycles. The summed E-state index contributed by atoms with van der Waals surface area (Å²) in [5, 5.41) is 7.90. The molecular formula is C14H14BrClN4. The van der Waals surface area contributed by atoms with Gasteiger partial charge in [0, 0.05) is 29.8 Å². The maximum absolute atomic E-state index is 7.50. The van der Waals surface area contributed by atoms with Crippen molar-refractivity contribution in [3.05, 3.63) is 57.2 Å². The minimum atomic E-state index is -0.0595. The third kappa shape index (κ3) is 3.29. The molecule has 0 unspecified atom stereocenters. The number of benzene rings is 1. The van der Waals surface area contributed by atoms with Gasteiger partial charge in [0.25, 0.3) is 0 Å². The molecule has 1 aromatic carbocycles. The highest BCUT2D eigenvalue weighted by Crippen LogP contribution is 2.27. The van der Waals surface area contributed by atoms with E-state index in [1.165, 1.54) is 0 Å². The van der Waals surface area contributed by atoms with Crippen LogP contribution in [0.1, 0.15) is 11.1 Å². The second-order valence-electron chi connectivity index (χ2n) is 4.39. The lowest BCUT2D eigenvalue weighted by molar-refractivity contribution is 0.897. The predicted molar refractivity (Wildman–Crippen MR) is 86.5 cm³/mol. The zero-order valence-electron chi connectivity index (χ0n) is 10.9. The summed E-state index contributed by atoms with van der Waals surface area (Å²) in [6.07, 6.45) is 1.61. The number of nitrogens with two attached hydrogens (primary N) is 1. The van der Waals surface area contributed by atoms with E-state index in [1.807, 2.05) is 36.2 Å². The van der Waals surface area contributed by atoms with Gasteiger partial charge in [-0.3, -0.25) is 5.41 Å². The highest BCUT2D eigenvalue weighted by Gasteiger charge is 2.13. The van der Waals surface area contributed by atoms with Crippen LogP contribution in [0.5, 0.6) is 0 Å². The molecular weight excluding hydrogens is 340 g/mol. The van der Waals surface area contributed by atoms with Crippen molar-refractivity contribution in [2.24, 2.45) is 5.73 Å². The predicted octanol–water partition coefficient (Wildman–Crippen LogP) is 3.42. The number of pyridine rings is 1. The Kier molecular flexibility index (Phi) is 4.62. The second kappa shape index (κ2) is 6.24. The Hall–Kier alpha value is -1.59. The number of nitrogens with one attached hydrogen (secondary N) is 1. The van der Waals surface area contributed by atoms with E-state index in [4.69, 9.17) is 22.7 Å².